The quantitative estimate of drug-likeness (QED) is 0.747. The summed E-state index contributed by atoms with van der Waals surface area (Å²) in [6.45, 7) is 2.03. The zero-order valence-corrected chi connectivity index (χ0v) is 8.77. The van der Waals surface area contributed by atoms with Crippen molar-refractivity contribution >= 4 is 0 Å². The second kappa shape index (κ2) is 4.09. The van der Waals surface area contributed by atoms with E-state index < -0.39 is 0 Å². The van der Waals surface area contributed by atoms with Gasteiger partial charge in [-0.25, -0.2) is 0 Å². The second-order valence-corrected chi connectivity index (χ2v) is 3.30. The molecule has 0 saturated heterocycles. The number of ether oxygens (including phenoxy) is 1. The first-order chi connectivity index (χ1) is 7.31. The Bertz CT molecular complexity index is 469. The van der Waals surface area contributed by atoms with Gasteiger partial charge < -0.3 is 4.74 Å². The summed E-state index contributed by atoms with van der Waals surface area (Å²) in [4.78, 5) is 8.19. The van der Waals surface area contributed by atoms with E-state index in [2.05, 4.69) is 9.97 Å². The smallest absolute Gasteiger partial charge is 0.137 e. The van der Waals surface area contributed by atoms with Gasteiger partial charge in [0.15, 0.2) is 0 Å². The molecule has 0 radical (unpaired) electrons. The fraction of sp³-hybridized carbons (Fsp3) is 0.167. The predicted molar refractivity (Wildman–Crippen MR) is 58.8 cm³/mol. The molecular formula is C12H12N2O. The number of hydrogen-bond donors (Lipinski definition) is 0. The molecule has 0 aliphatic heterocycles. The van der Waals surface area contributed by atoms with E-state index in [4.69, 9.17) is 4.74 Å². The van der Waals surface area contributed by atoms with E-state index in [-0.39, 0.29) is 0 Å². The maximum Gasteiger partial charge on any atom is 0.137 e. The Morgan fingerprint density at radius 2 is 2.00 bits per heavy atom. The summed E-state index contributed by atoms with van der Waals surface area (Å²) in [6, 6.07) is 3.95. The first-order valence-corrected chi connectivity index (χ1v) is 4.71. The zero-order chi connectivity index (χ0) is 10.7. The van der Waals surface area contributed by atoms with Crippen LogP contribution in [0.25, 0.3) is 11.1 Å². The number of aryl methyl sites for hydroxylation is 1. The molecule has 3 heteroatoms. The van der Waals surface area contributed by atoms with Crippen LogP contribution in [0.15, 0.2) is 36.9 Å². The van der Waals surface area contributed by atoms with E-state index >= 15 is 0 Å². The molecule has 0 saturated carbocycles. The summed E-state index contributed by atoms with van der Waals surface area (Å²) in [6.07, 6.45) is 7.14. The van der Waals surface area contributed by atoms with Crippen LogP contribution in [-0.4, -0.2) is 17.1 Å². The predicted octanol–water partition coefficient (Wildman–Crippen LogP) is 2.46. The van der Waals surface area contributed by atoms with Gasteiger partial charge in [-0.3, -0.25) is 9.97 Å². The van der Waals surface area contributed by atoms with Gasteiger partial charge in [-0.2, -0.15) is 0 Å². The van der Waals surface area contributed by atoms with Gasteiger partial charge in [-0.15, -0.1) is 0 Å². The zero-order valence-electron chi connectivity index (χ0n) is 8.77. The van der Waals surface area contributed by atoms with E-state index in [9.17, 15) is 0 Å². The molecule has 0 aliphatic carbocycles. The third-order valence-electron chi connectivity index (χ3n) is 2.28. The molecule has 0 aliphatic rings. The lowest BCUT2D eigenvalue weighted by Gasteiger charge is -2.06. The van der Waals surface area contributed by atoms with Gasteiger partial charge in [0.25, 0.3) is 0 Å². The first kappa shape index (κ1) is 9.65. The number of methoxy groups -OCH3 is 1. The molecule has 2 rings (SSSR count). The molecule has 0 bridgehead atoms. The number of nitrogens with zero attached hydrogens (tertiary/aromatic N) is 2. The molecule has 2 heterocycles. The minimum absolute atomic E-state index is 0.767. The topological polar surface area (TPSA) is 35.0 Å². The van der Waals surface area contributed by atoms with Gasteiger partial charge >= 0.3 is 0 Å². The molecule has 2 aromatic heterocycles. The second-order valence-electron chi connectivity index (χ2n) is 3.30. The summed E-state index contributed by atoms with van der Waals surface area (Å²) in [5.41, 5.74) is 3.32. The molecule has 0 atom stereocenters. The van der Waals surface area contributed by atoms with E-state index in [1.54, 1.807) is 19.5 Å². The molecule has 76 valence electrons. The molecule has 0 amide bonds. The lowest BCUT2D eigenvalue weighted by Crippen LogP contribution is -1.88. The number of aromatic nitrogens is 2. The molecule has 3 nitrogen and oxygen atoms in total. The highest BCUT2D eigenvalue weighted by Crippen LogP contribution is 2.24. The highest BCUT2D eigenvalue weighted by atomic mass is 16.5. The molecule has 2 aromatic rings. The van der Waals surface area contributed by atoms with Crippen LogP contribution >= 0.6 is 0 Å². The SMILES string of the molecule is COc1cncc(-c2ccncc2C)c1. The van der Waals surface area contributed by atoms with Crippen molar-refractivity contribution in [2.24, 2.45) is 0 Å². The van der Waals surface area contributed by atoms with E-state index in [1.807, 2.05) is 31.5 Å². The van der Waals surface area contributed by atoms with Crippen LogP contribution in [0.4, 0.5) is 0 Å². The van der Waals surface area contributed by atoms with Gasteiger partial charge in [-0.1, -0.05) is 0 Å². The number of rotatable bonds is 2. The van der Waals surface area contributed by atoms with Crippen LogP contribution in [0.1, 0.15) is 5.56 Å². The van der Waals surface area contributed by atoms with E-state index in [1.165, 1.54) is 0 Å². The van der Waals surface area contributed by atoms with Gasteiger partial charge in [-0.05, 0) is 30.2 Å². The van der Waals surface area contributed by atoms with Crippen LogP contribution in [0.3, 0.4) is 0 Å². The lowest BCUT2D eigenvalue weighted by molar-refractivity contribution is 0.413. The Morgan fingerprint density at radius 1 is 1.13 bits per heavy atom. The van der Waals surface area contributed by atoms with Crippen molar-refractivity contribution in [1.29, 1.82) is 0 Å². The normalized spacial score (nSPS) is 10.0. The minimum atomic E-state index is 0.767. The van der Waals surface area contributed by atoms with Crippen molar-refractivity contribution in [2.75, 3.05) is 7.11 Å². The highest BCUT2D eigenvalue weighted by Gasteiger charge is 2.02. The summed E-state index contributed by atoms with van der Waals surface area (Å²) in [5, 5.41) is 0. The summed E-state index contributed by atoms with van der Waals surface area (Å²) in [7, 11) is 1.64. The summed E-state index contributed by atoms with van der Waals surface area (Å²) >= 11 is 0. The molecule has 0 aromatic carbocycles. The minimum Gasteiger partial charge on any atom is -0.495 e. The van der Waals surface area contributed by atoms with Crippen molar-refractivity contribution < 1.29 is 4.74 Å². The Hall–Kier alpha value is -1.90. The average molecular weight is 200 g/mol. The van der Waals surface area contributed by atoms with Crippen LogP contribution in [-0.2, 0) is 0 Å². The van der Waals surface area contributed by atoms with Crippen LogP contribution in [0, 0.1) is 6.92 Å². The summed E-state index contributed by atoms with van der Waals surface area (Å²) in [5.74, 6) is 0.767. The van der Waals surface area contributed by atoms with E-state index in [0.717, 1.165) is 22.4 Å². The van der Waals surface area contributed by atoms with Crippen molar-refractivity contribution in [2.45, 2.75) is 6.92 Å². The molecule has 0 unspecified atom stereocenters. The maximum absolute atomic E-state index is 5.14. The molecule has 0 N–H and O–H groups in total. The highest BCUT2D eigenvalue weighted by molar-refractivity contribution is 5.66. The van der Waals surface area contributed by atoms with Crippen LogP contribution < -0.4 is 4.74 Å². The standard InChI is InChI=1S/C12H12N2O/c1-9-6-13-4-3-12(9)10-5-11(15-2)8-14-7-10/h3-8H,1-2H3. The summed E-state index contributed by atoms with van der Waals surface area (Å²) < 4.78 is 5.14. The monoisotopic (exact) mass is 200 g/mol. The Morgan fingerprint density at radius 3 is 2.73 bits per heavy atom. The van der Waals surface area contributed by atoms with Crippen LogP contribution in [0.5, 0.6) is 5.75 Å². The Kier molecular flexibility index (Phi) is 2.63. The van der Waals surface area contributed by atoms with Crippen LogP contribution in [0.2, 0.25) is 0 Å². The van der Waals surface area contributed by atoms with Gasteiger partial charge in [0, 0.05) is 24.2 Å². The Balaban J connectivity index is 2.49. The third kappa shape index (κ3) is 1.96. The Labute approximate surface area is 88.8 Å². The van der Waals surface area contributed by atoms with Gasteiger partial charge in [0.2, 0.25) is 0 Å². The number of hydrogen-bond acceptors (Lipinski definition) is 3. The molecular weight excluding hydrogens is 188 g/mol. The van der Waals surface area contributed by atoms with Gasteiger partial charge in [0.05, 0.1) is 13.3 Å². The average Bonchev–Trinajstić information content (AvgIpc) is 2.30. The van der Waals surface area contributed by atoms with Gasteiger partial charge in [0.1, 0.15) is 5.75 Å². The van der Waals surface area contributed by atoms with Crippen molar-refractivity contribution in [3.63, 3.8) is 0 Å². The molecule has 15 heavy (non-hydrogen) atoms. The first-order valence-electron chi connectivity index (χ1n) is 4.71. The van der Waals surface area contributed by atoms with E-state index in [0.29, 0.717) is 0 Å². The fourth-order valence-corrected chi connectivity index (χ4v) is 1.48. The number of pyridine rings is 2. The lowest BCUT2D eigenvalue weighted by atomic mass is 10.0. The largest absolute Gasteiger partial charge is 0.495 e. The molecule has 0 spiro atoms. The third-order valence-corrected chi connectivity index (χ3v) is 2.28. The fourth-order valence-electron chi connectivity index (χ4n) is 1.48. The van der Waals surface area contributed by atoms with Crippen molar-refractivity contribution in [3.05, 3.63) is 42.5 Å². The molecule has 0 fully saturated rings. The van der Waals surface area contributed by atoms with Crippen molar-refractivity contribution in [1.82, 2.24) is 9.97 Å². The van der Waals surface area contributed by atoms with Crippen molar-refractivity contribution in [3.8, 4) is 16.9 Å². The maximum atomic E-state index is 5.14.